The zero-order valence-electron chi connectivity index (χ0n) is 16.8. The molecule has 0 rings (SSSR count). The van der Waals surface area contributed by atoms with Gasteiger partial charge in [-0.1, -0.05) is 78.1 Å². The van der Waals surface area contributed by atoms with E-state index in [0.29, 0.717) is 0 Å². The minimum absolute atomic E-state index is 0.0785. The quantitative estimate of drug-likeness (QED) is 0.253. The maximum absolute atomic E-state index is 12.3. The lowest BCUT2D eigenvalue weighted by Gasteiger charge is -2.25. The van der Waals surface area contributed by atoms with Crippen LogP contribution in [0.2, 0.25) is 0 Å². The van der Waals surface area contributed by atoms with E-state index in [0.717, 1.165) is 50.0 Å². The minimum atomic E-state index is -1.76. The highest BCUT2D eigenvalue weighted by molar-refractivity contribution is 5.83. The van der Waals surface area contributed by atoms with Crippen LogP contribution in [-0.4, -0.2) is 52.9 Å². The van der Waals surface area contributed by atoms with Crippen LogP contribution >= 0.6 is 0 Å². The van der Waals surface area contributed by atoms with Gasteiger partial charge >= 0.3 is 5.97 Å². The number of unbranched alkanes of at least 4 members (excludes halogenated alkanes) is 10. The summed E-state index contributed by atoms with van der Waals surface area (Å²) in [5.41, 5.74) is 0. The predicted octanol–water partition coefficient (Wildman–Crippen LogP) is 3.53. The molecule has 0 spiro atoms. The largest absolute Gasteiger partial charge is 0.478 e. The fraction of sp³-hybridized carbons (Fsp3) is 0.900. The van der Waals surface area contributed by atoms with E-state index < -0.39 is 12.2 Å². The number of nitrogens with one attached hydrogen (secondary N) is 1. The molecule has 6 heteroatoms. The van der Waals surface area contributed by atoms with Crippen molar-refractivity contribution in [3.8, 4) is 0 Å². The number of carboxylic acids is 1. The SMILES string of the molecule is CCCCCCCCNCC(=O)N(CCCCCCCC)C(O)C(=O)O. The summed E-state index contributed by atoms with van der Waals surface area (Å²) in [6.45, 7) is 5.45. The molecule has 0 saturated carbocycles. The van der Waals surface area contributed by atoms with Gasteiger partial charge in [-0.2, -0.15) is 0 Å². The van der Waals surface area contributed by atoms with Crippen LogP contribution in [0.3, 0.4) is 0 Å². The molecule has 0 aromatic rings. The Balaban J connectivity index is 4.05. The number of carboxylic acid groups (broad SMARTS) is 1. The Bertz CT molecular complexity index is 364. The van der Waals surface area contributed by atoms with Crippen molar-refractivity contribution in [3.63, 3.8) is 0 Å². The number of carbonyl (C=O) groups is 2. The number of aliphatic hydroxyl groups is 1. The van der Waals surface area contributed by atoms with Crippen molar-refractivity contribution in [3.05, 3.63) is 0 Å². The molecule has 0 heterocycles. The lowest BCUT2D eigenvalue weighted by atomic mass is 10.1. The van der Waals surface area contributed by atoms with Crippen molar-refractivity contribution in [1.82, 2.24) is 10.2 Å². The molecule has 0 aliphatic carbocycles. The standard InChI is InChI=1S/C20H40N2O4/c1-3-5-7-9-11-13-15-21-17-18(23)22(19(24)20(25)26)16-14-12-10-8-6-4-2/h19,21,24H,3-17H2,1-2H3,(H,25,26). The molecule has 0 aliphatic rings. The molecule has 6 nitrogen and oxygen atoms in total. The van der Waals surface area contributed by atoms with Gasteiger partial charge in [0.25, 0.3) is 0 Å². The van der Waals surface area contributed by atoms with Crippen LogP contribution in [0.5, 0.6) is 0 Å². The third-order valence-corrected chi connectivity index (χ3v) is 4.57. The summed E-state index contributed by atoms with van der Waals surface area (Å²) in [5, 5.41) is 21.9. The van der Waals surface area contributed by atoms with Crippen LogP contribution in [0.15, 0.2) is 0 Å². The molecule has 0 fully saturated rings. The molecule has 0 aliphatic heterocycles. The Kier molecular flexibility index (Phi) is 16.5. The first-order valence-electron chi connectivity index (χ1n) is 10.5. The molecular weight excluding hydrogens is 332 g/mol. The number of hydrogen-bond acceptors (Lipinski definition) is 4. The van der Waals surface area contributed by atoms with Crippen molar-refractivity contribution in [2.24, 2.45) is 0 Å². The van der Waals surface area contributed by atoms with Crippen LogP contribution in [0, 0.1) is 0 Å². The average Bonchev–Trinajstić information content (AvgIpc) is 2.62. The summed E-state index contributed by atoms with van der Waals surface area (Å²) in [7, 11) is 0. The first kappa shape index (κ1) is 24.9. The number of aliphatic carboxylic acids is 1. The van der Waals surface area contributed by atoms with Crippen LogP contribution in [0.25, 0.3) is 0 Å². The van der Waals surface area contributed by atoms with Gasteiger partial charge in [0.05, 0.1) is 6.54 Å². The minimum Gasteiger partial charge on any atom is -0.478 e. The van der Waals surface area contributed by atoms with E-state index in [1.165, 1.54) is 38.5 Å². The number of nitrogens with zero attached hydrogens (tertiary/aromatic N) is 1. The van der Waals surface area contributed by atoms with Crippen LogP contribution in [0.4, 0.5) is 0 Å². The van der Waals surface area contributed by atoms with E-state index in [2.05, 4.69) is 19.2 Å². The third kappa shape index (κ3) is 13.1. The molecule has 1 unspecified atom stereocenters. The molecule has 154 valence electrons. The van der Waals surface area contributed by atoms with Gasteiger partial charge in [0.1, 0.15) is 0 Å². The topological polar surface area (TPSA) is 89.9 Å². The Morgan fingerprint density at radius 2 is 1.35 bits per heavy atom. The van der Waals surface area contributed by atoms with E-state index in [-0.39, 0.29) is 19.0 Å². The highest BCUT2D eigenvalue weighted by Gasteiger charge is 2.26. The smallest absolute Gasteiger partial charge is 0.354 e. The van der Waals surface area contributed by atoms with Crippen molar-refractivity contribution in [2.45, 2.75) is 97.1 Å². The van der Waals surface area contributed by atoms with Crippen molar-refractivity contribution in [1.29, 1.82) is 0 Å². The molecule has 0 aromatic heterocycles. The molecule has 0 aromatic carbocycles. The van der Waals surface area contributed by atoms with Gasteiger partial charge in [0.15, 0.2) is 0 Å². The lowest BCUT2D eigenvalue weighted by molar-refractivity contribution is -0.164. The predicted molar refractivity (Wildman–Crippen MR) is 105 cm³/mol. The second kappa shape index (κ2) is 17.3. The number of carbonyl (C=O) groups excluding carboxylic acids is 1. The van der Waals surface area contributed by atoms with E-state index >= 15 is 0 Å². The average molecular weight is 373 g/mol. The van der Waals surface area contributed by atoms with Gasteiger partial charge in [-0.3, -0.25) is 4.79 Å². The number of amides is 1. The Labute approximate surface area is 159 Å². The third-order valence-electron chi connectivity index (χ3n) is 4.57. The summed E-state index contributed by atoms with van der Waals surface area (Å²) in [5.74, 6) is -1.72. The van der Waals surface area contributed by atoms with Gasteiger partial charge < -0.3 is 20.4 Å². The van der Waals surface area contributed by atoms with Crippen molar-refractivity contribution in [2.75, 3.05) is 19.6 Å². The second-order valence-electron chi connectivity index (χ2n) is 7.01. The Morgan fingerprint density at radius 3 is 1.88 bits per heavy atom. The fourth-order valence-corrected chi connectivity index (χ4v) is 2.91. The van der Waals surface area contributed by atoms with E-state index in [4.69, 9.17) is 5.11 Å². The van der Waals surface area contributed by atoms with Crippen LogP contribution in [0.1, 0.15) is 90.9 Å². The summed E-state index contributed by atoms with van der Waals surface area (Å²) >= 11 is 0. The molecule has 0 radical (unpaired) electrons. The maximum atomic E-state index is 12.3. The van der Waals surface area contributed by atoms with Gasteiger partial charge in [-0.15, -0.1) is 0 Å². The zero-order chi connectivity index (χ0) is 19.6. The number of rotatable bonds is 18. The summed E-state index contributed by atoms with van der Waals surface area (Å²) < 4.78 is 0. The molecule has 26 heavy (non-hydrogen) atoms. The van der Waals surface area contributed by atoms with Gasteiger partial charge in [0, 0.05) is 6.54 Å². The molecule has 0 saturated heterocycles. The normalized spacial score (nSPS) is 12.1. The summed E-state index contributed by atoms with van der Waals surface area (Å²) in [6, 6.07) is 0. The number of aliphatic hydroxyl groups excluding tert-OH is 1. The Hall–Kier alpha value is -1.14. The van der Waals surface area contributed by atoms with Gasteiger partial charge in [0.2, 0.25) is 12.1 Å². The number of hydrogen-bond donors (Lipinski definition) is 3. The van der Waals surface area contributed by atoms with Crippen molar-refractivity contribution < 1.29 is 19.8 Å². The molecule has 0 bridgehead atoms. The van der Waals surface area contributed by atoms with E-state index in [1.807, 2.05) is 0 Å². The van der Waals surface area contributed by atoms with E-state index in [9.17, 15) is 14.7 Å². The Morgan fingerprint density at radius 1 is 0.846 bits per heavy atom. The summed E-state index contributed by atoms with van der Waals surface area (Å²) in [4.78, 5) is 24.4. The zero-order valence-corrected chi connectivity index (χ0v) is 16.8. The highest BCUT2D eigenvalue weighted by Crippen LogP contribution is 2.08. The van der Waals surface area contributed by atoms with Crippen LogP contribution in [-0.2, 0) is 9.59 Å². The monoisotopic (exact) mass is 372 g/mol. The highest BCUT2D eigenvalue weighted by atomic mass is 16.4. The maximum Gasteiger partial charge on any atom is 0.354 e. The molecule has 1 amide bonds. The lowest BCUT2D eigenvalue weighted by Crippen LogP contribution is -2.48. The fourth-order valence-electron chi connectivity index (χ4n) is 2.91. The van der Waals surface area contributed by atoms with Gasteiger partial charge in [-0.05, 0) is 19.4 Å². The first-order valence-corrected chi connectivity index (χ1v) is 10.5. The van der Waals surface area contributed by atoms with Gasteiger partial charge in [-0.25, -0.2) is 4.79 Å². The molecular formula is C20H40N2O4. The summed E-state index contributed by atoms with van der Waals surface area (Å²) in [6.07, 6.45) is 11.6. The van der Waals surface area contributed by atoms with E-state index in [1.54, 1.807) is 0 Å². The molecule has 1 atom stereocenters. The molecule has 3 N–H and O–H groups in total. The first-order chi connectivity index (χ1) is 12.5. The van der Waals surface area contributed by atoms with Crippen LogP contribution < -0.4 is 5.32 Å². The second-order valence-corrected chi connectivity index (χ2v) is 7.01. The van der Waals surface area contributed by atoms with Crippen molar-refractivity contribution >= 4 is 11.9 Å².